The molecule has 0 aliphatic carbocycles. The van der Waals surface area contributed by atoms with Crippen molar-refractivity contribution < 1.29 is 14.3 Å². The number of aryl methyl sites for hydroxylation is 1. The van der Waals surface area contributed by atoms with Gasteiger partial charge in [-0.3, -0.25) is 4.79 Å². The number of nitrogens with zero attached hydrogens (tertiary/aromatic N) is 4. The van der Waals surface area contributed by atoms with Crippen LogP contribution >= 0.6 is 0 Å². The van der Waals surface area contributed by atoms with E-state index in [-0.39, 0.29) is 17.4 Å². The van der Waals surface area contributed by atoms with Crippen molar-refractivity contribution in [2.45, 2.75) is 32.3 Å². The first-order valence-electron chi connectivity index (χ1n) is 9.17. The Morgan fingerprint density at radius 3 is 2.76 bits per heavy atom. The second kappa shape index (κ2) is 6.88. The van der Waals surface area contributed by atoms with Crippen molar-refractivity contribution in [2.75, 3.05) is 50.9 Å². The predicted octanol–water partition coefficient (Wildman–Crippen LogP) is 1.02. The normalized spacial score (nSPS) is 30.0. The maximum atomic E-state index is 12.7. The van der Waals surface area contributed by atoms with Crippen LogP contribution in [0.1, 0.15) is 24.8 Å². The molecule has 4 rings (SSSR count). The molecule has 3 fully saturated rings. The standard InChI is InChI=1S/C18H26N4O3/c1-14-10-19-17(20-11-14)22-4-2-3-18(12-22)9-15(25-13-18)16(23)21-5-7-24-8-6-21/h10-11,15H,2-9,12-13H2,1H3. The Bertz CT molecular complexity index is 617. The Labute approximate surface area is 148 Å². The lowest BCUT2D eigenvalue weighted by atomic mass is 9.78. The highest BCUT2D eigenvalue weighted by Gasteiger charge is 2.46. The molecule has 1 spiro atoms. The van der Waals surface area contributed by atoms with E-state index in [1.54, 1.807) is 0 Å². The molecular formula is C18H26N4O3. The molecule has 0 radical (unpaired) electrons. The second-order valence-corrected chi connectivity index (χ2v) is 7.53. The molecule has 7 nitrogen and oxygen atoms in total. The lowest BCUT2D eigenvalue weighted by Gasteiger charge is -2.39. The Morgan fingerprint density at radius 1 is 1.24 bits per heavy atom. The van der Waals surface area contributed by atoms with Crippen molar-refractivity contribution >= 4 is 11.9 Å². The minimum atomic E-state index is -0.308. The highest BCUT2D eigenvalue weighted by molar-refractivity contribution is 5.81. The van der Waals surface area contributed by atoms with Gasteiger partial charge in [0.1, 0.15) is 6.10 Å². The van der Waals surface area contributed by atoms with Gasteiger partial charge in [-0.05, 0) is 31.7 Å². The number of aromatic nitrogens is 2. The van der Waals surface area contributed by atoms with Crippen molar-refractivity contribution in [1.29, 1.82) is 0 Å². The molecule has 3 saturated heterocycles. The number of ether oxygens (including phenoxy) is 2. The quantitative estimate of drug-likeness (QED) is 0.796. The number of morpholine rings is 1. The molecule has 0 N–H and O–H groups in total. The Hall–Kier alpha value is -1.73. The van der Waals surface area contributed by atoms with E-state index in [4.69, 9.17) is 9.47 Å². The van der Waals surface area contributed by atoms with Crippen LogP contribution in [0, 0.1) is 12.3 Å². The van der Waals surface area contributed by atoms with Crippen molar-refractivity contribution in [3.63, 3.8) is 0 Å². The smallest absolute Gasteiger partial charge is 0.251 e. The first-order valence-corrected chi connectivity index (χ1v) is 9.17. The zero-order valence-electron chi connectivity index (χ0n) is 14.8. The molecule has 4 heterocycles. The largest absolute Gasteiger partial charge is 0.378 e. The van der Waals surface area contributed by atoms with Gasteiger partial charge in [-0.15, -0.1) is 0 Å². The molecule has 1 aromatic rings. The summed E-state index contributed by atoms with van der Waals surface area (Å²) in [6.07, 6.45) is 6.39. The fourth-order valence-electron chi connectivity index (χ4n) is 4.15. The zero-order chi connectivity index (χ0) is 17.3. The van der Waals surface area contributed by atoms with Gasteiger partial charge < -0.3 is 19.3 Å². The fourth-order valence-corrected chi connectivity index (χ4v) is 4.15. The number of hydrogen-bond donors (Lipinski definition) is 0. The van der Waals surface area contributed by atoms with E-state index in [9.17, 15) is 4.79 Å². The van der Waals surface area contributed by atoms with Crippen LogP contribution in [0.2, 0.25) is 0 Å². The third kappa shape index (κ3) is 3.48. The monoisotopic (exact) mass is 346 g/mol. The summed E-state index contributed by atoms with van der Waals surface area (Å²) in [5.41, 5.74) is 1.11. The molecule has 7 heteroatoms. The molecule has 136 valence electrons. The minimum Gasteiger partial charge on any atom is -0.378 e. The molecule has 1 aromatic heterocycles. The van der Waals surface area contributed by atoms with Crippen molar-refractivity contribution in [2.24, 2.45) is 5.41 Å². The van der Waals surface area contributed by atoms with E-state index in [0.717, 1.165) is 43.9 Å². The zero-order valence-corrected chi connectivity index (χ0v) is 14.8. The topological polar surface area (TPSA) is 67.8 Å². The van der Waals surface area contributed by atoms with Crippen molar-refractivity contribution in [1.82, 2.24) is 14.9 Å². The van der Waals surface area contributed by atoms with Gasteiger partial charge >= 0.3 is 0 Å². The number of carbonyl (C=O) groups excluding carboxylic acids is 1. The second-order valence-electron chi connectivity index (χ2n) is 7.53. The average molecular weight is 346 g/mol. The van der Waals surface area contributed by atoms with Crippen LogP contribution in [0.15, 0.2) is 12.4 Å². The van der Waals surface area contributed by atoms with Crippen LogP contribution in [0.25, 0.3) is 0 Å². The van der Waals surface area contributed by atoms with Gasteiger partial charge in [-0.1, -0.05) is 0 Å². The summed E-state index contributed by atoms with van der Waals surface area (Å²) in [7, 11) is 0. The molecule has 3 aliphatic heterocycles. The van der Waals surface area contributed by atoms with Gasteiger partial charge in [0.25, 0.3) is 5.91 Å². The Morgan fingerprint density at radius 2 is 2.00 bits per heavy atom. The van der Waals surface area contributed by atoms with Gasteiger partial charge in [-0.2, -0.15) is 0 Å². The van der Waals surface area contributed by atoms with Gasteiger partial charge in [0, 0.05) is 44.0 Å². The fraction of sp³-hybridized carbons (Fsp3) is 0.722. The number of rotatable bonds is 2. The summed E-state index contributed by atoms with van der Waals surface area (Å²) >= 11 is 0. The summed E-state index contributed by atoms with van der Waals surface area (Å²) in [5, 5.41) is 0. The van der Waals surface area contributed by atoms with E-state index in [1.807, 2.05) is 24.2 Å². The molecule has 25 heavy (non-hydrogen) atoms. The molecule has 2 unspecified atom stereocenters. The van der Waals surface area contributed by atoms with Gasteiger partial charge in [-0.25, -0.2) is 9.97 Å². The van der Waals surface area contributed by atoms with Crippen LogP contribution in [0.4, 0.5) is 5.95 Å². The van der Waals surface area contributed by atoms with E-state index < -0.39 is 0 Å². The minimum absolute atomic E-state index is 0.0408. The summed E-state index contributed by atoms with van der Waals surface area (Å²) in [6.45, 7) is 7.08. The van der Waals surface area contributed by atoms with Crippen LogP contribution in [-0.4, -0.2) is 72.9 Å². The lowest BCUT2D eigenvalue weighted by Crippen LogP contribution is -2.47. The van der Waals surface area contributed by atoms with Gasteiger partial charge in [0.05, 0.1) is 19.8 Å². The van der Waals surface area contributed by atoms with Crippen LogP contribution < -0.4 is 4.90 Å². The van der Waals surface area contributed by atoms with Crippen LogP contribution in [0.5, 0.6) is 0 Å². The van der Waals surface area contributed by atoms with Crippen LogP contribution in [-0.2, 0) is 14.3 Å². The molecule has 0 saturated carbocycles. The SMILES string of the molecule is Cc1cnc(N2CCCC3(COC(C(=O)N4CCOCC4)C3)C2)nc1. The number of anilines is 1. The Kier molecular flexibility index (Phi) is 4.60. The molecule has 2 atom stereocenters. The molecule has 0 aromatic carbocycles. The van der Waals surface area contributed by atoms with E-state index >= 15 is 0 Å². The third-order valence-electron chi connectivity index (χ3n) is 5.52. The summed E-state index contributed by atoms with van der Waals surface area (Å²) in [4.78, 5) is 25.8. The molecule has 0 bridgehead atoms. The number of amides is 1. The maximum absolute atomic E-state index is 12.7. The van der Waals surface area contributed by atoms with Crippen molar-refractivity contribution in [3.05, 3.63) is 18.0 Å². The van der Waals surface area contributed by atoms with E-state index in [1.165, 1.54) is 0 Å². The summed E-state index contributed by atoms with van der Waals surface area (Å²) in [6, 6.07) is 0. The molecule has 1 amide bonds. The summed E-state index contributed by atoms with van der Waals surface area (Å²) in [5.74, 6) is 0.913. The lowest BCUT2D eigenvalue weighted by molar-refractivity contribution is -0.144. The third-order valence-corrected chi connectivity index (χ3v) is 5.52. The van der Waals surface area contributed by atoms with Gasteiger partial charge in [0.15, 0.2) is 0 Å². The number of carbonyl (C=O) groups is 1. The predicted molar refractivity (Wildman–Crippen MR) is 92.4 cm³/mol. The average Bonchev–Trinajstić information content (AvgIpc) is 3.05. The number of hydrogen-bond acceptors (Lipinski definition) is 6. The van der Waals surface area contributed by atoms with Gasteiger partial charge in [0.2, 0.25) is 5.95 Å². The Balaban J connectivity index is 1.42. The van der Waals surface area contributed by atoms with Crippen molar-refractivity contribution in [3.8, 4) is 0 Å². The first-order chi connectivity index (χ1) is 12.2. The van der Waals surface area contributed by atoms with E-state index in [0.29, 0.717) is 32.9 Å². The van der Waals surface area contributed by atoms with Crippen LogP contribution in [0.3, 0.4) is 0 Å². The highest BCUT2D eigenvalue weighted by Crippen LogP contribution is 2.41. The summed E-state index contributed by atoms with van der Waals surface area (Å²) < 4.78 is 11.3. The molecular weight excluding hydrogens is 320 g/mol. The first kappa shape index (κ1) is 16.7. The molecule has 3 aliphatic rings. The highest BCUT2D eigenvalue weighted by atomic mass is 16.5. The maximum Gasteiger partial charge on any atom is 0.251 e. The number of piperidine rings is 1. The van der Waals surface area contributed by atoms with E-state index in [2.05, 4.69) is 14.9 Å².